The number of nitrogens with two attached hydrogens (primary N) is 1. The maximum Gasteiger partial charge on any atom is 0.362 e. The summed E-state index contributed by atoms with van der Waals surface area (Å²) in [7, 11) is 0. The van der Waals surface area contributed by atoms with E-state index in [0.29, 0.717) is 36.7 Å². The molecule has 13 heteroatoms. The van der Waals surface area contributed by atoms with Crippen molar-refractivity contribution in [2.75, 3.05) is 31.9 Å². The number of aliphatic carboxylic acids is 1. The molecule has 33 heavy (non-hydrogen) atoms. The molecule has 0 unspecified atom stereocenters. The summed E-state index contributed by atoms with van der Waals surface area (Å²) < 4.78 is 7.61. The molecule has 0 radical (unpaired) electrons. The highest BCUT2D eigenvalue weighted by Crippen LogP contribution is 2.32. The second-order valence-electron chi connectivity index (χ2n) is 8.84. The maximum absolute atomic E-state index is 11.2. The van der Waals surface area contributed by atoms with Crippen molar-refractivity contribution in [3.63, 3.8) is 0 Å². The van der Waals surface area contributed by atoms with Crippen LogP contribution in [0.25, 0.3) is 11.2 Å². The lowest BCUT2D eigenvalue weighted by molar-refractivity contribution is -0.409. The molecular weight excluding hydrogens is 432 g/mol. The van der Waals surface area contributed by atoms with Crippen LogP contribution in [0.4, 0.5) is 5.82 Å². The zero-order valence-corrected chi connectivity index (χ0v) is 18.5. The van der Waals surface area contributed by atoms with Gasteiger partial charge >= 0.3 is 5.97 Å². The van der Waals surface area contributed by atoms with E-state index in [-0.39, 0.29) is 5.82 Å². The Kier molecular flexibility index (Phi) is 7.36. The molecule has 4 heterocycles. The molecule has 0 bridgehead atoms. The highest BCUT2D eigenvalue weighted by atomic mass is 16.6. The quantitative estimate of drug-likeness (QED) is 0.218. The molecule has 13 nitrogen and oxygen atoms in total. The van der Waals surface area contributed by atoms with E-state index in [4.69, 9.17) is 10.5 Å². The van der Waals surface area contributed by atoms with Gasteiger partial charge in [0.15, 0.2) is 23.7 Å². The number of imidazole rings is 1. The number of anilines is 1. The van der Waals surface area contributed by atoms with Gasteiger partial charge in [0.05, 0.1) is 6.33 Å². The summed E-state index contributed by atoms with van der Waals surface area (Å²) in [6.45, 7) is 2.57. The zero-order chi connectivity index (χ0) is 23.5. The average molecular weight is 466 g/mol. The van der Waals surface area contributed by atoms with Gasteiger partial charge in [0, 0.05) is 25.6 Å². The molecule has 2 aromatic heterocycles. The van der Waals surface area contributed by atoms with Crippen LogP contribution >= 0.6 is 0 Å². The second kappa shape index (κ2) is 10.2. The number of aliphatic hydroxyl groups excluding tert-OH is 2. The number of quaternary nitrogens is 1. The van der Waals surface area contributed by atoms with Crippen LogP contribution in [0.5, 0.6) is 0 Å². The third-order valence-corrected chi connectivity index (χ3v) is 6.54. The molecule has 2 aromatic rings. The lowest BCUT2D eigenvalue weighted by atomic mass is 10.1. The van der Waals surface area contributed by atoms with Crippen LogP contribution < -0.4 is 16.8 Å². The molecule has 0 amide bonds. The Morgan fingerprint density at radius 3 is 2.88 bits per heavy atom. The highest BCUT2D eigenvalue weighted by Gasteiger charge is 2.45. The van der Waals surface area contributed by atoms with Crippen LogP contribution in [0.15, 0.2) is 12.7 Å². The minimum atomic E-state index is -1.19. The zero-order valence-electron chi connectivity index (χ0n) is 18.5. The van der Waals surface area contributed by atoms with Crippen LogP contribution in [-0.2, 0) is 9.53 Å². The van der Waals surface area contributed by atoms with Gasteiger partial charge in [-0.2, -0.15) is 0 Å². The number of nitrogens with one attached hydrogen (secondary N) is 1. The van der Waals surface area contributed by atoms with Crippen molar-refractivity contribution in [2.24, 2.45) is 0 Å². The molecule has 6 atom stereocenters. The lowest BCUT2D eigenvalue weighted by Crippen LogP contribution is -2.65. The molecule has 0 aromatic carbocycles. The number of nitrogens with zero attached hydrogens (tertiary/aromatic N) is 5. The number of ether oxygens (including phenoxy) is 1. The number of aromatic nitrogens is 4. The average Bonchev–Trinajstić information content (AvgIpc) is 3.52. The van der Waals surface area contributed by atoms with Crippen molar-refractivity contribution in [1.82, 2.24) is 29.7 Å². The second-order valence-corrected chi connectivity index (χ2v) is 8.84. The third kappa shape index (κ3) is 5.23. The number of carbonyl (C=O) groups is 1. The SMILES string of the molecule is Nc1ncnc2c1ncn2[C@@H]1O[C@H](CN(CC[C@H]2CCCN2)CC[C@H]([NH3+])C(=O)O)[C@@H](O)[C@H]1O. The number of hydrogen-bond acceptors (Lipinski definition) is 10. The maximum atomic E-state index is 11.2. The fraction of sp³-hybridized carbons (Fsp3) is 0.700. The molecular formula is C20H33N8O5+. The van der Waals surface area contributed by atoms with E-state index in [0.717, 1.165) is 32.4 Å². The lowest BCUT2D eigenvalue weighted by Gasteiger charge is -2.28. The Labute approximate surface area is 190 Å². The summed E-state index contributed by atoms with van der Waals surface area (Å²) in [4.78, 5) is 25.6. The van der Waals surface area contributed by atoms with E-state index < -0.39 is 36.6 Å². The number of nitrogen functional groups attached to an aromatic ring is 1. The monoisotopic (exact) mass is 465 g/mol. The Balaban J connectivity index is 1.45. The van der Waals surface area contributed by atoms with Crippen LogP contribution in [0, 0.1) is 0 Å². The summed E-state index contributed by atoms with van der Waals surface area (Å²) in [5.74, 6) is -0.718. The summed E-state index contributed by atoms with van der Waals surface area (Å²) in [5.41, 5.74) is 10.3. The molecule has 0 spiro atoms. The van der Waals surface area contributed by atoms with E-state index in [2.05, 4.69) is 30.9 Å². The number of carboxylic acids is 1. The first-order valence-electron chi connectivity index (χ1n) is 11.3. The molecule has 0 saturated carbocycles. The van der Waals surface area contributed by atoms with Crippen molar-refractivity contribution in [2.45, 2.75) is 62.3 Å². The van der Waals surface area contributed by atoms with Gasteiger partial charge in [-0.3, -0.25) is 4.57 Å². The number of rotatable bonds is 10. The topological polar surface area (TPSA) is 200 Å². The Morgan fingerprint density at radius 2 is 2.15 bits per heavy atom. The van der Waals surface area contributed by atoms with Crippen LogP contribution in [0.1, 0.15) is 31.9 Å². The normalized spacial score (nSPS) is 28.7. The summed E-state index contributed by atoms with van der Waals surface area (Å²) in [6, 6.07) is -0.287. The predicted octanol–water partition coefficient (Wildman–Crippen LogP) is -2.44. The minimum absolute atomic E-state index is 0.219. The smallest absolute Gasteiger partial charge is 0.362 e. The van der Waals surface area contributed by atoms with Gasteiger partial charge in [0.2, 0.25) is 0 Å². The summed E-state index contributed by atoms with van der Waals surface area (Å²) >= 11 is 0. The fourth-order valence-corrected chi connectivity index (χ4v) is 4.52. The Morgan fingerprint density at radius 1 is 1.33 bits per heavy atom. The highest BCUT2D eigenvalue weighted by molar-refractivity contribution is 5.81. The number of carboxylic acid groups (broad SMARTS) is 1. The minimum Gasteiger partial charge on any atom is -0.477 e. The molecule has 2 fully saturated rings. The number of aliphatic hydroxyl groups is 2. The van der Waals surface area contributed by atoms with Crippen molar-refractivity contribution >= 4 is 23.0 Å². The first-order chi connectivity index (χ1) is 15.8. The molecule has 2 aliphatic heterocycles. The van der Waals surface area contributed by atoms with E-state index in [1.807, 2.05) is 0 Å². The van der Waals surface area contributed by atoms with Gasteiger partial charge < -0.3 is 41.7 Å². The van der Waals surface area contributed by atoms with Crippen LogP contribution in [-0.4, -0.2) is 102 Å². The first kappa shape index (κ1) is 23.7. The molecule has 2 saturated heterocycles. The van der Waals surface area contributed by atoms with Crippen molar-refractivity contribution in [1.29, 1.82) is 0 Å². The van der Waals surface area contributed by atoms with Crippen molar-refractivity contribution in [3.8, 4) is 0 Å². The van der Waals surface area contributed by atoms with Crippen LogP contribution in [0.3, 0.4) is 0 Å². The van der Waals surface area contributed by atoms with Gasteiger partial charge in [-0.05, 0) is 32.4 Å². The van der Waals surface area contributed by atoms with E-state index in [9.17, 15) is 20.1 Å². The molecule has 2 aliphatic rings. The molecule has 9 N–H and O–H groups in total. The number of hydrogen-bond donors (Lipinski definition) is 6. The van der Waals surface area contributed by atoms with E-state index >= 15 is 0 Å². The van der Waals surface area contributed by atoms with Gasteiger partial charge in [-0.1, -0.05) is 0 Å². The van der Waals surface area contributed by atoms with E-state index in [1.54, 1.807) is 4.57 Å². The molecule has 0 aliphatic carbocycles. The van der Waals surface area contributed by atoms with E-state index in [1.165, 1.54) is 12.7 Å². The summed E-state index contributed by atoms with van der Waals surface area (Å²) in [6.07, 6.45) is 2.43. The van der Waals surface area contributed by atoms with Gasteiger partial charge in [0.1, 0.15) is 30.2 Å². The summed E-state index contributed by atoms with van der Waals surface area (Å²) in [5, 5.41) is 34.1. The largest absolute Gasteiger partial charge is 0.477 e. The first-order valence-corrected chi connectivity index (χ1v) is 11.3. The van der Waals surface area contributed by atoms with Crippen LogP contribution in [0.2, 0.25) is 0 Å². The molecule has 4 rings (SSSR count). The Hall–Kier alpha value is -2.42. The van der Waals surface area contributed by atoms with Gasteiger partial charge in [-0.25, -0.2) is 19.7 Å². The fourth-order valence-electron chi connectivity index (χ4n) is 4.52. The molecule has 182 valence electrons. The number of fused-ring (bicyclic) bond motifs is 1. The van der Waals surface area contributed by atoms with Gasteiger partial charge in [-0.15, -0.1) is 0 Å². The van der Waals surface area contributed by atoms with Crippen molar-refractivity contribution in [3.05, 3.63) is 12.7 Å². The van der Waals surface area contributed by atoms with Gasteiger partial charge in [0.25, 0.3) is 0 Å². The third-order valence-electron chi connectivity index (χ3n) is 6.54. The standard InChI is InChI=1S/C20H32N8O5/c21-12(20(31)32)4-7-27(6-3-11-2-1-5-23-11)8-13-15(29)16(30)19(33-13)28-10-26-14-17(22)24-9-25-18(14)28/h9-13,15-16,19,23,29-30H,1-8,21H2,(H,31,32)(H2,22,24,25)/p+1/t11-,12+,13-,15-,16-,19-/m1/s1. The Bertz CT molecular complexity index is 952. The predicted molar refractivity (Wildman–Crippen MR) is 117 cm³/mol. The van der Waals surface area contributed by atoms with Crippen molar-refractivity contribution < 1.29 is 30.6 Å².